The normalized spacial score (nSPS) is 10.2. The van der Waals surface area contributed by atoms with Gasteiger partial charge in [-0.2, -0.15) is 5.10 Å². The lowest BCUT2D eigenvalue weighted by Gasteiger charge is -2.08. The van der Waals surface area contributed by atoms with Gasteiger partial charge in [-0.1, -0.05) is 0 Å². The third-order valence-corrected chi connectivity index (χ3v) is 4.97. The van der Waals surface area contributed by atoms with E-state index in [1.54, 1.807) is 7.05 Å². The maximum atomic E-state index is 12.3. The fourth-order valence-corrected chi connectivity index (χ4v) is 3.56. The standard InChI is InChI=1S/C18H19N3O9S/c1-21-7-9(6-19-21)16(24)30-8-11(22)20-15-13(17(25)28-3)10(5-12(23)27-2)14(31-15)18(26)29-4/h6-7H,5,8H2,1-4H3,(H,20,22). The Morgan fingerprint density at radius 2 is 1.71 bits per heavy atom. The molecule has 1 amide bonds. The van der Waals surface area contributed by atoms with Crippen LogP contribution in [0, 0.1) is 0 Å². The van der Waals surface area contributed by atoms with Crippen molar-refractivity contribution >= 4 is 46.1 Å². The second-order valence-electron chi connectivity index (χ2n) is 5.88. The van der Waals surface area contributed by atoms with Crippen molar-refractivity contribution in [1.82, 2.24) is 9.78 Å². The second-order valence-corrected chi connectivity index (χ2v) is 6.90. The Bertz CT molecular complexity index is 1020. The predicted molar refractivity (Wildman–Crippen MR) is 105 cm³/mol. The molecule has 31 heavy (non-hydrogen) atoms. The highest BCUT2D eigenvalue weighted by molar-refractivity contribution is 7.18. The predicted octanol–water partition coefficient (Wildman–Crippen LogP) is 0.566. The number of aromatic nitrogens is 2. The zero-order chi connectivity index (χ0) is 23.1. The number of anilines is 1. The molecule has 0 saturated carbocycles. The van der Waals surface area contributed by atoms with Gasteiger partial charge in [0.15, 0.2) is 6.61 Å². The van der Waals surface area contributed by atoms with Gasteiger partial charge in [0.1, 0.15) is 9.88 Å². The van der Waals surface area contributed by atoms with E-state index < -0.39 is 42.8 Å². The van der Waals surface area contributed by atoms with E-state index >= 15 is 0 Å². The number of thiophene rings is 1. The van der Waals surface area contributed by atoms with Gasteiger partial charge in [0, 0.05) is 18.8 Å². The van der Waals surface area contributed by atoms with Crippen molar-refractivity contribution in [2.45, 2.75) is 6.42 Å². The van der Waals surface area contributed by atoms with Crippen molar-refractivity contribution in [3.05, 3.63) is 34.0 Å². The van der Waals surface area contributed by atoms with E-state index in [2.05, 4.69) is 19.9 Å². The Balaban J connectivity index is 2.28. The van der Waals surface area contributed by atoms with Crippen molar-refractivity contribution in [2.75, 3.05) is 33.3 Å². The number of methoxy groups -OCH3 is 3. The number of nitrogens with one attached hydrogen (secondary N) is 1. The molecule has 0 aromatic carbocycles. The Morgan fingerprint density at radius 3 is 2.26 bits per heavy atom. The lowest BCUT2D eigenvalue weighted by molar-refractivity contribution is -0.139. The van der Waals surface area contributed by atoms with Gasteiger partial charge in [0.25, 0.3) is 5.91 Å². The van der Waals surface area contributed by atoms with Gasteiger partial charge in [-0.25, -0.2) is 14.4 Å². The summed E-state index contributed by atoms with van der Waals surface area (Å²) in [6.45, 7) is -0.674. The van der Waals surface area contributed by atoms with Crippen LogP contribution in [0.1, 0.15) is 36.0 Å². The number of amides is 1. The van der Waals surface area contributed by atoms with Gasteiger partial charge in [-0.15, -0.1) is 11.3 Å². The van der Waals surface area contributed by atoms with Crippen molar-refractivity contribution in [1.29, 1.82) is 0 Å². The van der Waals surface area contributed by atoms with E-state index in [1.807, 2.05) is 0 Å². The van der Waals surface area contributed by atoms with Gasteiger partial charge in [0.05, 0.1) is 45.1 Å². The van der Waals surface area contributed by atoms with Crippen LogP contribution in [0.15, 0.2) is 12.4 Å². The number of esters is 4. The Morgan fingerprint density at radius 1 is 1.03 bits per heavy atom. The molecule has 0 atom stereocenters. The molecule has 0 unspecified atom stereocenters. The molecule has 0 spiro atoms. The van der Waals surface area contributed by atoms with Gasteiger partial charge >= 0.3 is 23.9 Å². The molecule has 13 heteroatoms. The molecule has 2 aromatic heterocycles. The molecule has 0 fully saturated rings. The van der Waals surface area contributed by atoms with Crippen LogP contribution in [-0.4, -0.2) is 67.5 Å². The summed E-state index contributed by atoms with van der Waals surface area (Å²) in [5.41, 5.74) is -0.0709. The van der Waals surface area contributed by atoms with Crippen LogP contribution in [0.2, 0.25) is 0 Å². The summed E-state index contributed by atoms with van der Waals surface area (Å²) in [5.74, 6) is -4.00. The first kappa shape index (κ1) is 23.5. The van der Waals surface area contributed by atoms with Gasteiger partial charge < -0.3 is 24.3 Å². The lowest BCUT2D eigenvalue weighted by atomic mass is 10.1. The number of nitrogens with zero attached hydrogens (tertiary/aromatic N) is 2. The van der Waals surface area contributed by atoms with E-state index in [1.165, 1.54) is 17.1 Å². The zero-order valence-electron chi connectivity index (χ0n) is 17.0. The third-order valence-electron chi connectivity index (χ3n) is 3.84. The molecule has 0 radical (unpaired) electrons. The first-order chi connectivity index (χ1) is 14.7. The molecular weight excluding hydrogens is 434 g/mol. The van der Waals surface area contributed by atoms with Crippen molar-refractivity contribution in [3.63, 3.8) is 0 Å². The molecule has 0 saturated heterocycles. The number of ether oxygens (including phenoxy) is 4. The minimum Gasteiger partial charge on any atom is -0.469 e. The minimum atomic E-state index is -0.895. The summed E-state index contributed by atoms with van der Waals surface area (Å²) in [7, 11) is 4.97. The summed E-state index contributed by atoms with van der Waals surface area (Å²) >= 11 is 0.708. The lowest BCUT2D eigenvalue weighted by Crippen LogP contribution is -2.22. The van der Waals surface area contributed by atoms with Crippen LogP contribution in [0.5, 0.6) is 0 Å². The fourth-order valence-electron chi connectivity index (χ4n) is 2.42. The molecule has 1 N–H and O–H groups in total. The van der Waals surface area contributed by atoms with Crippen molar-refractivity contribution in [2.24, 2.45) is 7.05 Å². The molecular formula is C18H19N3O9S. The molecule has 2 rings (SSSR count). The number of carbonyl (C=O) groups excluding carboxylic acids is 5. The zero-order valence-corrected chi connectivity index (χ0v) is 17.9. The Hall–Kier alpha value is -3.74. The average Bonchev–Trinajstić information content (AvgIpc) is 3.34. The van der Waals surface area contributed by atoms with Crippen molar-refractivity contribution < 1.29 is 42.9 Å². The van der Waals surface area contributed by atoms with E-state index in [-0.39, 0.29) is 26.6 Å². The molecule has 0 aliphatic carbocycles. The smallest absolute Gasteiger partial charge is 0.348 e. The second kappa shape index (κ2) is 10.3. The van der Waals surface area contributed by atoms with Crippen LogP contribution < -0.4 is 5.32 Å². The van der Waals surface area contributed by atoms with Crippen molar-refractivity contribution in [3.8, 4) is 0 Å². The molecule has 12 nitrogen and oxygen atoms in total. The highest BCUT2D eigenvalue weighted by atomic mass is 32.1. The monoisotopic (exact) mass is 453 g/mol. The highest BCUT2D eigenvalue weighted by Gasteiger charge is 2.30. The summed E-state index contributed by atoms with van der Waals surface area (Å²) in [6, 6.07) is 0. The maximum Gasteiger partial charge on any atom is 0.348 e. The number of hydrogen-bond acceptors (Lipinski definition) is 11. The van der Waals surface area contributed by atoms with Gasteiger partial charge in [-0.05, 0) is 0 Å². The summed E-state index contributed by atoms with van der Waals surface area (Å²) in [4.78, 5) is 60.4. The largest absolute Gasteiger partial charge is 0.469 e. The topological polar surface area (TPSA) is 152 Å². The minimum absolute atomic E-state index is 0.0156. The van der Waals surface area contributed by atoms with Gasteiger partial charge in [0.2, 0.25) is 0 Å². The number of hydrogen-bond donors (Lipinski definition) is 1. The molecule has 2 heterocycles. The fraction of sp³-hybridized carbons (Fsp3) is 0.333. The van der Waals surface area contributed by atoms with Crippen LogP contribution >= 0.6 is 11.3 Å². The van der Waals surface area contributed by atoms with Crippen LogP contribution in [0.3, 0.4) is 0 Å². The van der Waals surface area contributed by atoms with E-state index in [4.69, 9.17) is 9.47 Å². The SMILES string of the molecule is COC(=O)Cc1c(C(=O)OC)sc(NC(=O)COC(=O)c2cnn(C)c2)c1C(=O)OC. The third kappa shape index (κ3) is 5.66. The first-order valence-electron chi connectivity index (χ1n) is 8.56. The maximum absolute atomic E-state index is 12.3. The van der Waals surface area contributed by atoms with Crippen LogP contribution in [0.25, 0.3) is 0 Å². The summed E-state index contributed by atoms with van der Waals surface area (Å²) in [5, 5.41) is 6.14. The van der Waals surface area contributed by atoms with E-state index in [9.17, 15) is 24.0 Å². The quantitative estimate of drug-likeness (QED) is 0.443. The molecule has 0 aliphatic heterocycles. The molecule has 166 valence electrons. The summed E-state index contributed by atoms with van der Waals surface area (Å²) < 4.78 is 20.3. The molecule has 0 aliphatic rings. The number of rotatable bonds is 8. The Kier molecular flexibility index (Phi) is 7.85. The van der Waals surface area contributed by atoms with Gasteiger partial charge in [-0.3, -0.25) is 14.3 Å². The molecule has 2 aromatic rings. The number of aryl methyl sites for hydroxylation is 1. The van der Waals surface area contributed by atoms with Crippen LogP contribution in [0.4, 0.5) is 5.00 Å². The van der Waals surface area contributed by atoms with Crippen LogP contribution in [-0.2, 0) is 42.0 Å². The number of carbonyl (C=O) groups is 5. The molecule has 0 bridgehead atoms. The van der Waals surface area contributed by atoms with E-state index in [0.29, 0.717) is 11.3 Å². The summed E-state index contributed by atoms with van der Waals surface area (Å²) in [6.07, 6.45) is 2.25. The average molecular weight is 453 g/mol. The Labute approximate surface area is 180 Å². The first-order valence-corrected chi connectivity index (χ1v) is 9.38. The highest BCUT2D eigenvalue weighted by Crippen LogP contribution is 2.35. The van der Waals surface area contributed by atoms with E-state index in [0.717, 1.165) is 21.3 Å².